The van der Waals surface area contributed by atoms with E-state index in [0.29, 0.717) is 64.7 Å². The van der Waals surface area contributed by atoms with Crippen LogP contribution in [0.2, 0.25) is 5.04 Å². The van der Waals surface area contributed by atoms with Crippen molar-refractivity contribution in [2.45, 2.75) is 70.2 Å². The van der Waals surface area contributed by atoms with Gasteiger partial charge in [0.05, 0.1) is 30.1 Å². The minimum Gasteiger partial charge on any atom is -0.496 e. The van der Waals surface area contributed by atoms with E-state index in [2.05, 4.69) is 24.1 Å². The fourth-order valence-electron chi connectivity index (χ4n) is 7.93. The van der Waals surface area contributed by atoms with Crippen LogP contribution < -0.4 is 31.7 Å². The monoisotopic (exact) mass is 796 g/mol. The molecule has 2 N–H and O–H groups in total. The lowest BCUT2D eigenvalue weighted by atomic mass is 10.1. The van der Waals surface area contributed by atoms with Crippen LogP contribution in [0, 0.1) is 12.7 Å². The van der Waals surface area contributed by atoms with Gasteiger partial charge in [0.15, 0.2) is 0 Å². The maximum absolute atomic E-state index is 15.0. The SMILES string of the molecule is COc1ccc(F)cc1[C@H](Cn1c(=O)n(C2CCCNC2=O)c(=O)c2c(C)c(-c3ncco3)sc21)OCCCC(C)(C)[Si](O)(c1ccccc1)c1ccccc1. The lowest BCUT2D eigenvalue weighted by Crippen LogP contribution is -2.65. The molecule has 0 bridgehead atoms. The molecule has 0 radical (unpaired) electrons. The number of aryl methyl sites for hydroxylation is 1. The van der Waals surface area contributed by atoms with E-state index in [9.17, 15) is 19.2 Å². The fraction of sp³-hybridized carbons (Fsp3) is 0.333. The van der Waals surface area contributed by atoms with Crippen molar-refractivity contribution in [3.05, 3.63) is 129 Å². The predicted octanol–water partition coefficient (Wildman–Crippen LogP) is 5.86. The number of amides is 1. The number of hydrogen-bond acceptors (Lipinski definition) is 9. The number of thiophene rings is 1. The maximum Gasteiger partial charge on any atom is 0.332 e. The van der Waals surface area contributed by atoms with Crippen molar-refractivity contribution < 1.29 is 27.9 Å². The van der Waals surface area contributed by atoms with Crippen molar-refractivity contribution in [2.75, 3.05) is 20.3 Å². The van der Waals surface area contributed by atoms with Crippen LogP contribution >= 0.6 is 11.3 Å². The Morgan fingerprint density at radius 1 is 1.07 bits per heavy atom. The van der Waals surface area contributed by atoms with Crippen molar-refractivity contribution in [3.8, 4) is 16.5 Å². The van der Waals surface area contributed by atoms with E-state index in [1.165, 1.54) is 53.7 Å². The molecule has 3 aromatic carbocycles. The normalized spacial score (nSPS) is 15.5. The zero-order valence-electron chi connectivity index (χ0n) is 31.8. The Kier molecular flexibility index (Phi) is 11.3. The number of halogens is 1. The number of aromatic nitrogens is 3. The molecule has 1 fully saturated rings. The number of nitrogens with one attached hydrogen (secondary N) is 1. The van der Waals surface area contributed by atoms with Gasteiger partial charge in [0.1, 0.15) is 34.8 Å². The highest BCUT2D eigenvalue weighted by molar-refractivity contribution is 7.22. The van der Waals surface area contributed by atoms with Crippen molar-refractivity contribution in [1.82, 2.24) is 19.4 Å². The highest BCUT2D eigenvalue weighted by atomic mass is 32.1. The standard InChI is InChI=1S/C42H45FN4O7SSi/c1-27-35-39(49)47(32-17-11-21-44-37(32)48)41(50)46(40(35)55-36(27)38-45-22-24-54-38)26-34(31-25-28(43)18-19-33(31)52-4)53-23-12-20-42(2,3)56(51,29-13-7-5-8-14-29)30-15-9-6-10-16-30/h5-10,13-16,18-19,22,24-25,32,34,51H,11-12,17,20-21,23,26H2,1-4H3,(H,44,48)/t32?,34-/m0/s1. The smallest absolute Gasteiger partial charge is 0.332 e. The molecular formula is C42H45FN4O7SSi. The molecule has 4 heterocycles. The van der Waals surface area contributed by atoms with E-state index >= 15 is 4.39 Å². The lowest BCUT2D eigenvalue weighted by Gasteiger charge is -2.41. The molecular weight excluding hydrogens is 752 g/mol. The van der Waals surface area contributed by atoms with E-state index in [1.807, 2.05) is 60.7 Å². The number of fused-ring (bicyclic) bond motifs is 1. The molecule has 6 aromatic rings. The van der Waals surface area contributed by atoms with Crippen LogP contribution in [0.5, 0.6) is 5.75 Å². The lowest BCUT2D eigenvalue weighted by molar-refractivity contribution is -0.126. The summed E-state index contributed by atoms with van der Waals surface area (Å²) < 4.78 is 35.4. The van der Waals surface area contributed by atoms with Gasteiger partial charge in [-0.2, -0.15) is 0 Å². The quantitative estimate of drug-likeness (QED) is 0.103. The number of rotatable bonds is 14. The van der Waals surface area contributed by atoms with E-state index in [-0.39, 0.29) is 18.5 Å². The molecule has 0 spiro atoms. The summed E-state index contributed by atoms with van der Waals surface area (Å²) in [6.45, 7) is 6.44. The van der Waals surface area contributed by atoms with Crippen LogP contribution in [0.25, 0.3) is 21.0 Å². The van der Waals surface area contributed by atoms with Gasteiger partial charge < -0.3 is 24.0 Å². The molecule has 3 aromatic heterocycles. The van der Waals surface area contributed by atoms with Crippen LogP contribution in [0.15, 0.2) is 105 Å². The Bertz CT molecular complexity index is 2410. The predicted molar refractivity (Wildman–Crippen MR) is 217 cm³/mol. The minimum atomic E-state index is -3.30. The summed E-state index contributed by atoms with van der Waals surface area (Å²) in [5, 5.41) is 4.32. The van der Waals surface area contributed by atoms with Crippen molar-refractivity contribution >= 4 is 46.2 Å². The number of carbonyl (C=O) groups is 1. The molecule has 292 valence electrons. The van der Waals surface area contributed by atoms with Crippen LogP contribution in [-0.4, -0.2) is 53.4 Å². The Balaban J connectivity index is 1.28. The Morgan fingerprint density at radius 2 is 1.77 bits per heavy atom. The van der Waals surface area contributed by atoms with Crippen LogP contribution in [-0.2, 0) is 16.1 Å². The number of benzene rings is 3. The number of carbonyl (C=O) groups excluding carboxylic acids is 1. The van der Waals surface area contributed by atoms with Crippen LogP contribution in [0.3, 0.4) is 0 Å². The molecule has 1 unspecified atom stereocenters. The number of nitrogens with zero attached hydrogens (tertiary/aromatic N) is 3. The number of methoxy groups -OCH3 is 1. The summed E-state index contributed by atoms with van der Waals surface area (Å²) in [5.74, 6) is -0.268. The summed E-state index contributed by atoms with van der Waals surface area (Å²) in [4.78, 5) is 59.9. The molecule has 0 saturated carbocycles. The van der Waals surface area contributed by atoms with Gasteiger partial charge >= 0.3 is 5.69 Å². The summed E-state index contributed by atoms with van der Waals surface area (Å²) in [6.07, 6.45) is 4.03. The van der Waals surface area contributed by atoms with Gasteiger partial charge in [-0.1, -0.05) is 74.5 Å². The second-order valence-corrected chi connectivity index (χ2v) is 19.7. The van der Waals surface area contributed by atoms with Crippen LogP contribution in [0.1, 0.15) is 62.8 Å². The molecule has 56 heavy (non-hydrogen) atoms. The Morgan fingerprint density at radius 3 is 2.39 bits per heavy atom. The Hall–Kier alpha value is -5.15. The average molecular weight is 797 g/mol. The molecule has 11 nitrogen and oxygen atoms in total. The average Bonchev–Trinajstić information content (AvgIpc) is 3.86. The fourth-order valence-corrected chi connectivity index (χ4v) is 13.0. The van der Waals surface area contributed by atoms with Crippen LogP contribution in [0.4, 0.5) is 4.39 Å². The third kappa shape index (κ3) is 7.17. The van der Waals surface area contributed by atoms with Gasteiger partial charge in [0.2, 0.25) is 11.8 Å². The molecule has 1 amide bonds. The van der Waals surface area contributed by atoms with Gasteiger partial charge in [0, 0.05) is 18.7 Å². The largest absolute Gasteiger partial charge is 0.496 e. The van der Waals surface area contributed by atoms with Gasteiger partial charge in [-0.3, -0.25) is 14.2 Å². The number of ether oxygens (including phenoxy) is 2. The van der Waals surface area contributed by atoms with E-state index in [0.717, 1.165) is 14.9 Å². The maximum atomic E-state index is 15.0. The number of piperidine rings is 1. The zero-order chi connectivity index (χ0) is 39.6. The Labute approximate surface area is 328 Å². The van der Waals surface area contributed by atoms with Gasteiger partial charge in [-0.25, -0.2) is 18.7 Å². The second kappa shape index (κ2) is 16.1. The molecule has 2 atom stereocenters. The summed E-state index contributed by atoms with van der Waals surface area (Å²) in [7, 11) is -1.82. The zero-order valence-corrected chi connectivity index (χ0v) is 33.6. The van der Waals surface area contributed by atoms with E-state index < -0.39 is 48.5 Å². The summed E-state index contributed by atoms with van der Waals surface area (Å²) in [6, 6.07) is 22.7. The van der Waals surface area contributed by atoms with Crippen molar-refractivity contribution in [3.63, 3.8) is 0 Å². The first-order valence-electron chi connectivity index (χ1n) is 18.7. The summed E-state index contributed by atoms with van der Waals surface area (Å²) >= 11 is 1.18. The molecule has 14 heteroatoms. The minimum absolute atomic E-state index is 0.134. The van der Waals surface area contributed by atoms with Gasteiger partial charge in [0.25, 0.3) is 13.9 Å². The molecule has 1 aliphatic heterocycles. The highest BCUT2D eigenvalue weighted by Gasteiger charge is 2.49. The third-order valence-electron chi connectivity index (χ3n) is 11.0. The second-order valence-electron chi connectivity index (χ2n) is 14.8. The molecule has 1 aliphatic rings. The number of oxazole rings is 1. The summed E-state index contributed by atoms with van der Waals surface area (Å²) in [5.41, 5.74) is -0.323. The van der Waals surface area contributed by atoms with Crippen molar-refractivity contribution in [2.24, 2.45) is 0 Å². The first-order chi connectivity index (χ1) is 27.0. The molecule has 0 aliphatic carbocycles. The molecule has 1 saturated heterocycles. The first kappa shape index (κ1) is 39.1. The topological polar surface area (TPSA) is 138 Å². The highest BCUT2D eigenvalue weighted by Crippen LogP contribution is 2.41. The van der Waals surface area contributed by atoms with E-state index in [4.69, 9.17) is 13.9 Å². The first-order valence-corrected chi connectivity index (χ1v) is 21.5. The van der Waals surface area contributed by atoms with Crippen molar-refractivity contribution in [1.29, 1.82) is 0 Å². The van der Waals surface area contributed by atoms with Gasteiger partial charge in [-0.05, 0) is 71.8 Å². The van der Waals surface area contributed by atoms with E-state index in [1.54, 1.807) is 6.92 Å². The molecule has 7 rings (SSSR count). The third-order valence-corrected chi connectivity index (χ3v) is 16.8. The van der Waals surface area contributed by atoms with Gasteiger partial charge in [-0.15, -0.1) is 11.3 Å². The number of hydrogen-bond donors (Lipinski definition) is 2.